The minimum absolute atomic E-state index is 0.00484. The van der Waals surface area contributed by atoms with E-state index in [1.165, 1.54) is 10.7 Å². The van der Waals surface area contributed by atoms with Crippen molar-refractivity contribution < 1.29 is 27.9 Å². The van der Waals surface area contributed by atoms with E-state index in [-0.39, 0.29) is 47.2 Å². The number of anilines is 2. The third-order valence-corrected chi connectivity index (χ3v) is 13.3. The molecule has 2 aromatic carbocycles. The van der Waals surface area contributed by atoms with Gasteiger partial charge in [-0.05, 0) is 72.9 Å². The van der Waals surface area contributed by atoms with Gasteiger partial charge in [-0.15, -0.1) is 0 Å². The summed E-state index contributed by atoms with van der Waals surface area (Å²) in [5.41, 5.74) is 1.99. The minimum atomic E-state index is -2.85. The van der Waals surface area contributed by atoms with Crippen molar-refractivity contribution in [3.05, 3.63) is 83.4 Å². The Bertz CT molecular complexity index is 2550. The number of carbonyl (C=O) groups is 3. The highest BCUT2D eigenvalue weighted by molar-refractivity contribution is 6.08. The smallest absolute Gasteiger partial charge is 0.284 e. The molecular formula is C45H48F2N10O4. The van der Waals surface area contributed by atoms with E-state index < -0.39 is 18.0 Å². The summed E-state index contributed by atoms with van der Waals surface area (Å²) in [6, 6.07) is 14.1. The average molecular weight is 831 g/mol. The molecule has 2 bridgehead atoms. The van der Waals surface area contributed by atoms with Crippen LogP contribution in [0.25, 0.3) is 16.4 Å². The first-order valence-corrected chi connectivity index (χ1v) is 21.4. The molecule has 10 rings (SSSR count). The zero-order chi connectivity index (χ0) is 41.6. The Hall–Kier alpha value is -5.76. The molecule has 61 heavy (non-hydrogen) atoms. The first-order valence-electron chi connectivity index (χ1n) is 21.4. The molecule has 5 aromatic rings. The van der Waals surface area contributed by atoms with Gasteiger partial charge in [-0.1, -0.05) is 42.2 Å². The van der Waals surface area contributed by atoms with Gasteiger partial charge in [0.2, 0.25) is 11.8 Å². The molecule has 1 unspecified atom stereocenters. The van der Waals surface area contributed by atoms with Crippen molar-refractivity contribution in [1.82, 2.24) is 39.5 Å². The number of hydrogen-bond donors (Lipinski definition) is 2. The highest BCUT2D eigenvalue weighted by Crippen LogP contribution is 2.37. The predicted octanol–water partition coefficient (Wildman–Crippen LogP) is 5.17. The molecule has 5 aliphatic rings. The number of nitrogens with one attached hydrogen (secondary N) is 2. The van der Waals surface area contributed by atoms with Gasteiger partial charge < -0.3 is 19.9 Å². The number of aromatic nitrogens is 5. The number of nitrogens with zero attached hydrogens (tertiary/aromatic N) is 8. The highest BCUT2D eigenvalue weighted by atomic mass is 19.3. The fraction of sp³-hybridized carbons (Fsp3) is 0.467. The van der Waals surface area contributed by atoms with E-state index in [4.69, 9.17) is 9.72 Å². The van der Waals surface area contributed by atoms with Crippen LogP contribution in [0, 0.1) is 17.8 Å². The molecule has 1 saturated carbocycles. The number of amides is 3. The summed E-state index contributed by atoms with van der Waals surface area (Å²) >= 11 is 0. The largest absolute Gasteiger partial charge is 0.374 e. The van der Waals surface area contributed by atoms with E-state index in [1.54, 1.807) is 17.1 Å². The summed E-state index contributed by atoms with van der Waals surface area (Å²) in [6.07, 6.45) is 7.46. The van der Waals surface area contributed by atoms with Crippen molar-refractivity contribution >= 4 is 45.6 Å². The monoisotopic (exact) mass is 830 g/mol. The molecule has 7 heterocycles. The molecule has 2 N–H and O–H groups in total. The summed E-state index contributed by atoms with van der Waals surface area (Å²) in [5.74, 6) is 6.66. The standard InChI is InChI=1S/C45H48F2N10O4/c46-42(47)41-38(49-45(60)37-23-48-56-17-15-39(50-43(37)56)55-25-32-22-31(55)27-61-32)26-57(52-41)30-11-9-28(10-12-30)24-54-20-18-53(19-21-54)16-3-5-29-4-1-7-34-33(29)6-2-8-35(34)36-13-14-40(58)51-44(36)59/h1-2,4,6-8,15,17,23,26,28,30-32,36,42H,9-14,16,18-22,24-25,27H2,(H,49,60)(H,51,58,59)/t28-,30+,31-,32-,36?/m1/s1. The SMILES string of the molecule is O=C1CCC(c2cccc3c(C#CCN4CCN(C[C@H]5CC[C@@H](n6cc(NC(=O)c7cnn8ccc(N9C[C@H]%10C[C@@H]9CO%10)nc78)c(C(F)F)n6)CC5)CC4)cccc23)C(=O)N1. The Morgan fingerprint density at radius 1 is 0.967 bits per heavy atom. The number of morpholine rings is 1. The number of fused-ring (bicyclic) bond motifs is 4. The molecule has 16 heteroatoms. The molecule has 4 aliphatic heterocycles. The molecule has 4 saturated heterocycles. The number of imide groups is 1. The minimum Gasteiger partial charge on any atom is -0.374 e. The number of halogens is 2. The second-order valence-electron chi connectivity index (χ2n) is 17.1. The lowest BCUT2D eigenvalue weighted by molar-refractivity contribution is -0.134. The molecule has 316 valence electrons. The van der Waals surface area contributed by atoms with Crippen LogP contribution in [0.15, 0.2) is 61.1 Å². The normalized spacial score (nSPS) is 24.7. The second kappa shape index (κ2) is 16.6. The van der Waals surface area contributed by atoms with Gasteiger partial charge in [-0.25, -0.2) is 18.3 Å². The zero-order valence-electron chi connectivity index (χ0n) is 33.8. The van der Waals surface area contributed by atoms with Crippen LogP contribution in [0.1, 0.15) is 90.5 Å². The molecule has 1 aliphatic carbocycles. The lowest BCUT2D eigenvalue weighted by atomic mass is 9.85. The Balaban J connectivity index is 0.712. The van der Waals surface area contributed by atoms with Gasteiger partial charge in [-0.3, -0.25) is 29.3 Å². The topological polar surface area (TPSA) is 142 Å². The first kappa shape index (κ1) is 39.4. The summed E-state index contributed by atoms with van der Waals surface area (Å²) in [7, 11) is 0. The van der Waals surface area contributed by atoms with Gasteiger partial charge in [0.25, 0.3) is 12.3 Å². The van der Waals surface area contributed by atoms with Gasteiger partial charge in [0, 0.05) is 63.6 Å². The molecule has 0 spiro atoms. The number of carbonyl (C=O) groups excluding carboxylic acids is 3. The fourth-order valence-electron chi connectivity index (χ4n) is 9.97. The lowest BCUT2D eigenvalue weighted by Gasteiger charge is -2.37. The maximum Gasteiger partial charge on any atom is 0.284 e. The number of rotatable bonds is 9. The molecule has 5 fully saturated rings. The van der Waals surface area contributed by atoms with E-state index in [1.807, 2.05) is 42.5 Å². The van der Waals surface area contributed by atoms with Crippen LogP contribution in [-0.2, 0) is 14.3 Å². The molecule has 14 nitrogen and oxygen atoms in total. The lowest BCUT2D eigenvalue weighted by Crippen LogP contribution is -2.48. The predicted molar refractivity (Wildman–Crippen MR) is 223 cm³/mol. The van der Waals surface area contributed by atoms with E-state index in [0.717, 1.165) is 99.1 Å². The Labute approximate surface area is 351 Å². The van der Waals surface area contributed by atoms with Crippen LogP contribution in [0.5, 0.6) is 0 Å². The molecule has 3 amide bonds. The van der Waals surface area contributed by atoms with Crippen molar-refractivity contribution in [1.29, 1.82) is 0 Å². The quantitative estimate of drug-likeness (QED) is 0.151. The van der Waals surface area contributed by atoms with Crippen molar-refractivity contribution in [3.8, 4) is 11.8 Å². The van der Waals surface area contributed by atoms with E-state index in [2.05, 4.69) is 47.4 Å². The van der Waals surface area contributed by atoms with Crippen LogP contribution in [0.2, 0.25) is 0 Å². The summed E-state index contributed by atoms with van der Waals surface area (Å²) < 4.78 is 37.5. The van der Waals surface area contributed by atoms with Crippen molar-refractivity contribution in [2.24, 2.45) is 5.92 Å². The second-order valence-corrected chi connectivity index (χ2v) is 17.1. The van der Waals surface area contributed by atoms with Crippen LogP contribution >= 0.6 is 0 Å². The Kier molecular flexibility index (Phi) is 10.7. The third-order valence-electron chi connectivity index (χ3n) is 13.3. The number of ether oxygens (including phenoxy) is 1. The summed E-state index contributed by atoms with van der Waals surface area (Å²) in [4.78, 5) is 49.7. The van der Waals surface area contributed by atoms with Crippen LogP contribution in [0.4, 0.5) is 20.3 Å². The van der Waals surface area contributed by atoms with Crippen molar-refractivity contribution in [2.75, 3.05) is 62.6 Å². The summed E-state index contributed by atoms with van der Waals surface area (Å²) in [6.45, 7) is 6.84. The molecule has 0 radical (unpaired) electrons. The maximum atomic E-state index is 14.3. The Morgan fingerprint density at radius 3 is 2.54 bits per heavy atom. The average Bonchev–Trinajstić information content (AvgIpc) is 4.09. The number of alkyl halides is 2. The third kappa shape index (κ3) is 7.97. The first-order chi connectivity index (χ1) is 29.7. The molecule has 3 atom stereocenters. The number of piperidine rings is 1. The number of piperazine rings is 1. The van der Waals surface area contributed by atoms with E-state index >= 15 is 0 Å². The van der Waals surface area contributed by atoms with Gasteiger partial charge in [-0.2, -0.15) is 10.2 Å². The fourth-order valence-corrected chi connectivity index (χ4v) is 9.97. The maximum absolute atomic E-state index is 14.3. The molecular weight excluding hydrogens is 783 g/mol. The van der Waals surface area contributed by atoms with E-state index in [0.29, 0.717) is 37.6 Å². The van der Waals surface area contributed by atoms with Crippen molar-refractivity contribution in [2.45, 2.75) is 75.5 Å². The molecule has 3 aromatic heterocycles. The number of benzene rings is 2. The zero-order valence-corrected chi connectivity index (χ0v) is 33.8. The van der Waals surface area contributed by atoms with Gasteiger partial charge in [0.1, 0.15) is 11.4 Å². The van der Waals surface area contributed by atoms with Gasteiger partial charge >= 0.3 is 0 Å². The number of hydrogen-bond acceptors (Lipinski definition) is 10. The Morgan fingerprint density at radius 2 is 1.77 bits per heavy atom. The van der Waals surface area contributed by atoms with Crippen LogP contribution in [0.3, 0.4) is 0 Å². The van der Waals surface area contributed by atoms with Gasteiger partial charge in [0.05, 0.1) is 49.1 Å². The van der Waals surface area contributed by atoms with Crippen LogP contribution < -0.4 is 15.5 Å². The van der Waals surface area contributed by atoms with Crippen LogP contribution in [-0.4, -0.2) is 116 Å². The summed E-state index contributed by atoms with van der Waals surface area (Å²) in [5, 5.41) is 15.8. The van der Waals surface area contributed by atoms with Gasteiger partial charge in [0.15, 0.2) is 11.3 Å². The van der Waals surface area contributed by atoms with Crippen molar-refractivity contribution in [3.63, 3.8) is 0 Å². The highest BCUT2D eigenvalue weighted by Gasteiger charge is 2.40. The van der Waals surface area contributed by atoms with E-state index in [9.17, 15) is 23.2 Å².